The van der Waals surface area contributed by atoms with Crippen LogP contribution in [-0.2, 0) is 14.8 Å². The van der Waals surface area contributed by atoms with Crippen LogP contribution in [0.3, 0.4) is 0 Å². The van der Waals surface area contributed by atoms with Crippen LogP contribution in [0.5, 0.6) is 0 Å². The molecule has 0 aliphatic carbocycles. The van der Waals surface area contributed by atoms with Crippen molar-refractivity contribution in [1.29, 1.82) is 0 Å². The molecule has 1 heterocycles. The number of aryl methyl sites for hydroxylation is 1. The lowest BCUT2D eigenvalue weighted by atomic mass is 10.0. The number of hydrogen-bond acceptors (Lipinski definition) is 3. The van der Waals surface area contributed by atoms with Gasteiger partial charge in [0.1, 0.15) is 6.04 Å². The molecular weight excluding hydrogens is 290 g/mol. The van der Waals surface area contributed by atoms with Crippen molar-refractivity contribution in [2.24, 2.45) is 0 Å². The number of carboxylic acid groups (broad SMARTS) is 1. The number of carbonyl (C=O) groups is 1. The summed E-state index contributed by atoms with van der Waals surface area (Å²) in [6.07, 6.45) is 3.72. The average Bonchev–Trinajstić information content (AvgIpc) is 2.38. The van der Waals surface area contributed by atoms with Gasteiger partial charge in [0, 0.05) is 6.54 Å². The highest BCUT2D eigenvalue weighted by molar-refractivity contribution is 7.89. The molecule has 2 rings (SSSR count). The van der Waals surface area contributed by atoms with Gasteiger partial charge in [-0.15, -0.1) is 0 Å². The second kappa shape index (κ2) is 6.58. The van der Waals surface area contributed by atoms with Crippen LogP contribution < -0.4 is 0 Å². The van der Waals surface area contributed by atoms with E-state index >= 15 is 0 Å². The zero-order valence-electron chi connectivity index (χ0n) is 12.2. The molecule has 0 spiro atoms. The van der Waals surface area contributed by atoms with Gasteiger partial charge < -0.3 is 5.11 Å². The van der Waals surface area contributed by atoms with Crippen molar-refractivity contribution in [1.82, 2.24) is 4.31 Å². The Balaban J connectivity index is 2.37. The fraction of sp³-hybridized carbons (Fsp3) is 0.533. The molecule has 21 heavy (non-hydrogen) atoms. The van der Waals surface area contributed by atoms with Crippen molar-refractivity contribution >= 4 is 16.0 Å². The number of benzene rings is 1. The van der Waals surface area contributed by atoms with Crippen LogP contribution in [0.1, 0.15) is 37.7 Å². The first-order valence-electron chi connectivity index (χ1n) is 7.24. The van der Waals surface area contributed by atoms with Gasteiger partial charge in [0.05, 0.1) is 4.90 Å². The van der Waals surface area contributed by atoms with E-state index in [0.29, 0.717) is 12.8 Å². The van der Waals surface area contributed by atoms with E-state index in [2.05, 4.69) is 0 Å². The van der Waals surface area contributed by atoms with E-state index in [9.17, 15) is 18.3 Å². The predicted molar refractivity (Wildman–Crippen MR) is 79.6 cm³/mol. The van der Waals surface area contributed by atoms with Gasteiger partial charge in [-0.1, -0.05) is 37.0 Å². The van der Waals surface area contributed by atoms with Gasteiger partial charge >= 0.3 is 5.97 Å². The molecule has 1 aromatic rings. The molecule has 1 saturated heterocycles. The molecule has 0 bridgehead atoms. The monoisotopic (exact) mass is 311 g/mol. The van der Waals surface area contributed by atoms with Gasteiger partial charge in [0.2, 0.25) is 10.0 Å². The summed E-state index contributed by atoms with van der Waals surface area (Å²) in [6.45, 7) is 2.15. The summed E-state index contributed by atoms with van der Waals surface area (Å²) in [4.78, 5) is 11.6. The smallest absolute Gasteiger partial charge is 0.322 e. The molecule has 1 N–H and O–H groups in total. The van der Waals surface area contributed by atoms with E-state index in [1.165, 1.54) is 4.31 Å². The first-order valence-corrected chi connectivity index (χ1v) is 8.68. The quantitative estimate of drug-likeness (QED) is 0.930. The van der Waals surface area contributed by atoms with Crippen LogP contribution in [0.15, 0.2) is 29.2 Å². The molecule has 1 aliphatic heterocycles. The third kappa shape index (κ3) is 3.63. The van der Waals surface area contributed by atoms with Crippen LogP contribution in [0.25, 0.3) is 0 Å². The lowest BCUT2D eigenvalue weighted by molar-refractivity contribution is -0.141. The predicted octanol–water partition coefficient (Wildman–Crippen LogP) is 2.40. The van der Waals surface area contributed by atoms with E-state index in [4.69, 9.17) is 0 Å². The maximum Gasteiger partial charge on any atom is 0.322 e. The number of carboxylic acids is 1. The molecule has 0 radical (unpaired) electrons. The van der Waals surface area contributed by atoms with Crippen molar-refractivity contribution < 1.29 is 18.3 Å². The normalized spacial score (nSPS) is 21.5. The summed E-state index contributed by atoms with van der Waals surface area (Å²) in [5.74, 6) is -1.06. The van der Waals surface area contributed by atoms with E-state index in [-0.39, 0.29) is 11.4 Å². The van der Waals surface area contributed by atoms with Crippen LogP contribution in [0.4, 0.5) is 0 Å². The lowest BCUT2D eigenvalue weighted by Crippen LogP contribution is -2.46. The van der Waals surface area contributed by atoms with E-state index < -0.39 is 22.0 Å². The van der Waals surface area contributed by atoms with Crippen molar-refractivity contribution in [3.8, 4) is 0 Å². The molecule has 1 atom stereocenters. The van der Waals surface area contributed by atoms with Crippen LogP contribution in [0, 0.1) is 6.92 Å². The van der Waals surface area contributed by atoms with E-state index in [0.717, 1.165) is 24.8 Å². The topological polar surface area (TPSA) is 74.7 Å². The minimum absolute atomic E-state index is 0.167. The van der Waals surface area contributed by atoms with Gasteiger partial charge in [0.15, 0.2) is 0 Å². The molecule has 0 aromatic heterocycles. The maximum atomic E-state index is 12.7. The molecule has 0 saturated carbocycles. The first kappa shape index (κ1) is 16.0. The Morgan fingerprint density at radius 3 is 2.38 bits per heavy atom. The highest BCUT2D eigenvalue weighted by atomic mass is 32.2. The minimum Gasteiger partial charge on any atom is -0.480 e. The number of nitrogens with zero attached hydrogens (tertiary/aromatic N) is 1. The van der Waals surface area contributed by atoms with Gasteiger partial charge in [-0.2, -0.15) is 4.31 Å². The SMILES string of the molecule is Cc1ccc(S(=O)(=O)N2CCCCCC[C@H]2C(=O)O)cc1. The largest absolute Gasteiger partial charge is 0.480 e. The average molecular weight is 311 g/mol. The zero-order chi connectivity index (χ0) is 15.5. The standard InChI is InChI=1S/C15H21NO4S/c1-12-7-9-13(10-8-12)21(19,20)16-11-5-3-2-4-6-14(16)15(17)18/h7-10,14H,2-6,11H2,1H3,(H,17,18)/t14-/m0/s1. The molecule has 116 valence electrons. The second-order valence-electron chi connectivity index (χ2n) is 5.49. The Labute approximate surface area is 125 Å². The van der Waals surface area contributed by atoms with Gasteiger partial charge in [-0.05, 0) is 31.9 Å². The van der Waals surface area contributed by atoms with Crippen molar-refractivity contribution in [2.45, 2.75) is 50.0 Å². The van der Waals surface area contributed by atoms with E-state index in [1.807, 2.05) is 6.92 Å². The van der Waals surface area contributed by atoms with Crippen molar-refractivity contribution in [2.75, 3.05) is 6.54 Å². The maximum absolute atomic E-state index is 12.7. The Hall–Kier alpha value is -1.40. The van der Waals surface area contributed by atoms with Crippen molar-refractivity contribution in [3.63, 3.8) is 0 Å². The fourth-order valence-corrected chi connectivity index (χ4v) is 4.29. The molecule has 0 unspecified atom stereocenters. The zero-order valence-corrected chi connectivity index (χ0v) is 13.0. The van der Waals surface area contributed by atoms with Gasteiger partial charge in [-0.25, -0.2) is 8.42 Å². The molecule has 6 heteroatoms. The Kier molecular flexibility index (Phi) is 5.00. The summed E-state index contributed by atoms with van der Waals surface area (Å²) in [5, 5.41) is 9.37. The first-order chi connectivity index (χ1) is 9.93. The summed E-state index contributed by atoms with van der Waals surface area (Å²) in [5.41, 5.74) is 0.969. The summed E-state index contributed by atoms with van der Waals surface area (Å²) < 4.78 is 26.6. The molecule has 0 amide bonds. The minimum atomic E-state index is -3.76. The third-order valence-corrected chi connectivity index (χ3v) is 5.79. The van der Waals surface area contributed by atoms with Crippen LogP contribution in [0.2, 0.25) is 0 Å². The number of rotatable bonds is 3. The van der Waals surface area contributed by atoms with Gasteiger partial charge in [-0.3, -0.25) is 4.79 Å². The van der Waals surface area contributed by atoms with Gasteiger partial charge in [0.25, 0.3) is 0 Å². The van der Waals surface area contributed by atoms with Crippen LogP contribution >= 0.6 is 0 Å². The summed E-state index contributed by atoms with van der Waals surface area (Å²) >= 11 is 0. The van der Waals surface area contributed by atoms with Crippen molar-refractivity contribution in [3.05, 3.63) is 29.8 Å². The Morgan fingerprint density at radius 1 is 1.14 bits per heavy atom. The highest BCUT2D eigenvalue weighted by Crippen LogP contribution is 2.24. The Morgan fingerprint density at radius 2 is 1.76 bits per heavy atom. The summed E-state index contributed by atoms with van der Waals surface area (Å²) in [7, 11) is -3.76. The molecule has 1 aromatic carbocycles. The molecule has 1 fully saturated rings. The number of sulfonamides is 1. The molecule has 1 aliphatic rings. The lowest BCUT2D eigenvalue weighted by Gasteiger charge is -2.30. The summed E-state index contributed by atoms with van der Waals surface area (Å²) in [6, 6.07) is 5.58. The number of hydrogen-bond donors (Lipinski definition) is 1. The Bertz CT molecular complexity index is 595. The number of aliphatic carboxylic acids is 1. The van der Waals surface area contributed by atoms with E-state index in [1.54, 1.807) is 24.3 Å². The molecule has 5 nitrogen and oxygen atoms in total. The third-order valence-electron chi connectivity index (χ3n) is 3.87. The fourth-order valence-electron chi connectivity index (χ4n) is 2.64. The van der Waals surface area contributed by atoms with Crippen LogP contribution in [-0.4, -0.2) is 36.4 Å². The highest BCUT2D eigenvalue weighted by Gasteiger charge is 2.35. The molecular formula is C15H21NO4S. The second-order valence-corrected chi connectivity index (χ2v) is 7.38.